The number of imidazole rings is 1. The van der Waals surface area contributed by atoms with Crippen molar-refractivity contribution in [3.8, 4) is 11.4 Å². The number of benzene rings is 1. The van der Waals surface area contributed by atoms with Crippen molar-refractivity contribution in [3.05, 3.63) is 40.8 Å². The molecule has 0 amide bonds. The van der Waals surface area contributed by atoms with Gasteiger partial charge in [0, 0.05) is 26.2 Å². The normalized spacial score (nSPS) is 11.0. The van der Waals surface area contributed by atoms with Gasteiger partial charge in [-0.1, -0.05) is 30.3 Å². The summed E-state index contributed by atoms with van der Waals surface area (Å²) in [4.78, 5) is 20.6. The van der Waals surface area contributed by atoms with Gasteiger partial charge in [-0.05, 0) is 0 Å². The van der Waals surface area contributed by atoms with E-state index in [1.165, 1.54) is 4.57 Å². The number of nitrogens with zero attached hydrogens (tertiary/aromatic N) is 4. The molecule has 2 N–H and O–H groups in total. The van der Waals surface area contributed by atoms with Crippen LogP contribution in [0.25, 0.3) is 22.6 Å². The van der Waals surface area contributed by atoms with Crippen LogP contribution in [0.3, 0.4) is 0 Å². The summed E-state index contributed by atoms with van der Waals surface area (Å²) in [6.45, 7) is 0.281. The fraction of sp³-hybridized carbons (Fsp3) is 0.267. The second-order valence-electron chi connectivity index (χ2n) is 4.99. The molecule has 0 bridgehead atoms. The van der Waals surface area contributed by atoms with Crippen molar-refractivity contribution in [2.75, 3.05) is 18.5 Å². The fourth-order valence-corrected chi connectivity index (χ4v) is 2.44. The molecule has 0 aliphatic carbocycles. The van der Waals surface area contributed by atoms with Crippen LogP contribution in [0.5, 0.6) is 0 Å². The van der Waals surface area contributed by atoms with Crippen molar-refractivity contribution >= 4 is 17.0 Å². The molecule has 0 fully saturated rings. The van der Waals surface area contributed by atoms with Crippen LogP contribution in [0.1, 0.15) is 0 Å². The Kier molecular flexibility index (Phi) is 3.64. The van der Waals surface area contributed by atoms with Crippen molar-refractivity contribution < 1.29 is 5.11 Å². The van der Waals surface area contributed by atoms with E-state index in [1.807, 2.05) is 41.9 Å². The molecule has 0 radical (unpaired) electrons. The molecule has 0 atom stereocenters. The molecule has 3 aromatic rings. The van der Waals surface area contributed by atoms with Gasteiger partial charge in [-0.25, -0.2) is 9.78 Å². The van der Waals surface area contributed by atoms with Crippen molar-refractivity contribution in [1.82, 2.24) is 19.1 Å². The second-order valence-corrected chi connectivity index (χ2v) is 4.99. The Hall–Kier alpha value is -2.67. The quantitative estimate of drug-likeness (QED) is 0.742. The first-order valence-corrected chi connectivity index (χ1v) is 6.97. The maximum Gasteiger partial charge on any atom is 0.351 e. The molecule has 2 heterocycles. The second kappa shape index (κ2) is 5.61. The van der Waals surface area contributed by atoms with Gasteiger partial charge in [0.1, 0.15) is 11.3 Å². The lowest BCUT2D eigenvalue weighted by molar-refractivity contribution is 0.311. The van der Waals surface area contributed by atoms with Crippen molar-refractivity contribution in [3.63, 3.8) is 0 Å². The maximum absolute atomic E-state index is 12.0. The largest absolute Gasteiger partial charge is 0.395 e. The molecule has 7 heteroatoms. The van der Waals surface area contributed by atoms with Crippen LogP contribution in [-0.2, 0) is 14.1 Å². The summed E-state index contributed by atoms with van der Waals surface area (Å²) in [5.74, 6) is 1.19. The van der Waals surface area contributed by atoms with Crippen molar-refractivity contribution in [2.45, 2.75) is 0 Å². The Bertz CT molecular complexity index is 867. The van der Waals surface area contributed by atoms with Gasteiger partial charge in [0.2, 0.25) is 0 Å². The van der Waals surface area contributed by atoms with E-state index in [4.69, 9.17) is 5.11 Å². The standard InChI is InChI=1S/C15H17N5O2/c1-19-11-12(16-8-9-21)17-15(22)20(2)14(11)18-13(19)10-6-4-3-5-7-10/h3-7,21H,8-9H2,1-2H3,(H,16,17,22). The molecule has 1 aromatic carbocycles. The van der Waals surface area contributed by atoms with Gasteiger partial charge in [-0.15, -0.1) is 0 Å². The van der Waals surface area contributed by atoms with E-state index in [0.29, 0.717) is 18.0 Å². The number of anilines is 1. The van der Waals surface area contributed by atoms with Crippen LogP contribution in [-0.4, -0.2) is 37.4 Å². The summed E-state index contributed by atoms with van der Waals surface area (Å²) in [7, 11) is 3.53. The molecule has 2 aromatic heterocycles. The van der Waals surface area contributed by atoms with Gasteiger partial charge >= 0.3 is 5.69 Å². The van der Waals surface area contributed by atoms with Gasteiger partial charge in [0.05, 0.1) is 6.61 Å². The zero-order chi connectivity index (χ0) is 15.7. The molecule has 7 nitrogen and oxygen atoms in total. The molecule has 0 spiro atoms. The minimum absolute atomic E-state index is 0.0399. The van der Waals surface area contributed by atoms with E-state index in [-0.39, 0.29) is 12.3 Å². The Balaban J connectivity index is 2.29. The molecule has 3 rings (SSSR count). The van der Waals surface area contributed by atoms with Gasteiger partial charge in [-0.2, -0.15) is 4.98 Å². The molecule has 0 aliphatic heterocycles. The Labute approximate surface area is 126 Å². The summed E-state index contributed by atoms with van der Waals surface area (Å²) >= 11 is 0. The van der Waals surface area contributed by atoms with Gasteiger partial charge in [0.25, 0.3) is 0 Å². The topological polar surface area (TPSA) is 85.0 Å². The van der Waals surface area contributed by atoms with Crippen LogP contribution < -0.4 is 11.0 Å². The predicted octanol–water partition coefficient (Wildman–Crippen LogP) is 0.738. The van der Waals surface area contributed by atoms with Gasteiger partial charge in [0.15, 0.2) is 11.5 Å². The highest BCUT2D eigenvalue weighted by atomic mass is 16.3. The minimum Gasteiger partial charge on any atom is -0.395 e. The molecular weight excluding hydrogens is 282 g/mol. The molecular formula is C15H17N5O2. The SMILES string of the molecule is Cn1c(-c2ccccc2)nc2c1c(NCCO)nc(=O)n2C. The third-order valence-electron chi connectivity index (χ3n) is 3.55. The van der Waals surface area contributed by atoms with E-state index < -0.39 is 0 Å². The third kappa shape index (κ3) is 2.25. The highest BCUT2D eigenvalue weighted by molar-refractivity contribution is 5.87. The molecule has 22 heavy (non-hydrogen) atoms. The van der Waals surface area contributed by atoms with Gasteiger partial charge in [-0.3, -0.25) is 4.57 Å². The number of hydrogen-bond acceptors (Lipinski definition) is 5. The first kappa shape index (κ1) is 14.3. The van der Waals surface area contributed by atoms with Crippen LogP contribution in [0.15, 0.2) is 35.1 Å². The zero-order valence-corrected chi connectivity index (χ0v) is 12.4. The molecule has 0 saturated heterocycles. The Morgan fingerprint density at radius 3 is 2.55 bits per heavy atom. The molecule has 114 valence electrons. The smallest absolute Gasteiger partial charge is 0.351 e. The number of aliphatic hydroxyl groups is 1. The van der Waals surface area contributed by atoms with E-state index in [0.717, 1.165) is 16.9 Å². The van der Waals surface area contributed by atoms with E-state index >= 15 is 0 Å². The van der Waals surface area contributed by atoms with Crippen molar-refractivity contribution in [2.24, 2.45) is 14.1 Å². The number of rotatable bonds is 4. The number of aromatic nitrogens is 4. The third-order valence-corrected chi connectivity index (χ3v) is 3.55. The predicted molar refractivity (Wildman–Crippen MR) is 84.8 cm³/mol. The molecule has 0 aliphatic rings. The number of aryl methyl sites for hydroxylation is 2. The number of hydrogen-bond donors (Lipinski definition) is 2. The van der Waals surface area contributed by atoms with E-state index in [2.05, 4.69) is 15.3 Å². The average Bonchev–Trinajstić information content (AvgIpc) is 2.88. The summed E-state index contributed by atoms with van der Waals surface area (Å²) in [6.07, 6.45) is 0. The lowest BCUT2D eigenvalue weighted by Crippen LogP contribution is -2.23. The maximum atomic E-state index is 12.0. The van der Waals surface area contributed by atoms with Gasteiger partial charge < -0.3 is 15.0 Å². The fourth-order valence-electron chi connectivity index (χ4n) is 2.44. The lowest BCUT2D eigenvalue weighted by Gasteiger charge is -2.08. The Morgan fingerprint density at radius 1 is 1.14 bits per heavy atom. The van der Waals surface area contributed by atoms with Crippen LogP contribution in [0.2, 0.25) is 0 Å². The van der Waals surface area contributed by atoms with Crippen molar-refractivity contribution in [1.29, 1.82) is 0 Å². The summed E-state index contributed by atoms with van der Waals surface area (Å²) in [6, 6.07) is 9.76. The number of fused-ring (bicyclic) bond motifs is 1. The first-order valence-electron chi connectivity index (χ1n) is 6.97. The first-order chi connectivity index (χ1) is 10.6. The Morgan fingerprint density at radius 2 is 1.86 bits per heavy atom. The average molecular weight is 299 g/mol. The zero-order valence-electron chi connectivity index (χ0n) is 12.4. The molecule has 0 saturated carbocycles. The number of nitrogens with one attached hydrogen (secondary N) is 1. The van der Waals surface area contributed by atoms with E-state index in [9.17, 15) is 4.79 Å². The van der Waals surface area contributed by atoms with Crippen LogP contribution in [0, 0.1) is 0 Å². The summed E-state index contributed by atoms with van der Waals surface area (Å²) < 4.78 is 3.32. The van der Waals surface area contributed by atoms with E-state index in [1.54, 1.807) is 7.05 Å². The highest BCUT2D eigenvalue weighted by Gasteiger charge is 2.17. The highest BCUT2D eigenvalue weighted by Crippen LogP contribution is 2.25. The van der Waals surface area contributed by atoms with Crippen LogP contribution in [0.4, 0.5) is 5.82 Å². The lowest BCUT2D eigenvalue weighted by atomic mass is 10.2. The monoisotopic (exact) mass is 299 g/mol. The summed E-state index contributed by atoms with van der Waals surface area (Å²) in [5, 5.41) is 12.0. The summed E-state index contributed by atoms with van der Waals surface area (Å²) in [5.41, 5.74) is 1.86. The number of aliphatic hydroxyl groups excluding tert-OH is 1. The van der Waals surface area contributed by atoms with Crippen LogP contribution >= 0.6 is 0 Å². The molecule has 0 unspecified atom stereocenters. The minimum atomic E-state index is -0.384.